The fourth-order valence-corrected chi connectivity index (χ4v) is 4.81. The molecule has 156 valence electrons. The Kier molecular flexibility index (Phi) is 7.92. The van der Waals surface area contributed by atoms with Gasteiger partial charge in [-0.3, -0.25) is 4.79 Å². The molecule has 1 aromatic rings. The summed E-state index contributed by atoms with van der Waals surface area (Å²) in [6, 6.07) is 10.3. The molecular formula is C24H38N2O2. The number of rotatable bonds is 7. The molecule has 3 rings (SSSR count). The molecule has 2 atom stereocenters. The number of carbonyl (C=O) groups excluding carboxylic acids is 1. The Balaban J connectivity index is 1.50. The standard InChI is InChI=1S/C24H38N2O2/c1-18(2)20-11-13-21(14-12-20)28-17-23-22(25)9-6-16-26(23)24(27)15-10-19-7-4-3-5-8-19/h3-5,7-8,18,20-23H,6,9-17,25H2,1-2H3/t20?,21?,22?,23-/m0/s1. The van der Waals surface area contributed by atoms with E-state index in [1.165, 1.54) is 18.4 Å². The third kappa shape index (κ3) is 5.81. The molecule has 4 heteroatoms. The maximum atomic E-state index is 12.9. The summed E-state index contributed by atoms with van der Waals surface area (Å²) >= 11 is 0. The minimum Gasteiger partial charge on any atom is -0.376 e. The highest BCUT2D eigenvalue weighted by molar-refractivity contribution is 5.77. The van der Waals surface area contributed by atoms with Crippen molar-refractivity contribution in [3.05, 3.63) is 35.9 Å². The molecule has 0 radical (unpaired) electrons. The van der Waals surface area contributed by atoms with Gasteiger partial charge in [-0.2, -0.15) is 0 Å². The van der Waals surface area contributed by atoms with Crippen LogP contribution in [0.3, 0.4) is 0 Å². The van der Waals surface area contributed by atoms with E-state index in [0.717, 1.165) is 50.5 Å². The molecule has 2 N–H and O–H groups in total. The van der Waals surface area contributed by atoms with Crippen molar-refractivity contribution in [2.24, 2.45) is 17.6 Å². The van der Waals surface area contributed by atoms with E-state index >= 15 is 0 Å². The van der Waals surface area contributed by atoms with Crippen molar-refractivity contribution in [1.82, 2.24) is 4.90 Å². The van der Waals surface area contributed by atoms with Gasteiger partial charge in [0.05, 0.1) is 18.8 Å². The van der Waals surface area contributed by atoms with Crippen LogP contribution in [0.15, 0.2) is 30.3 Å². The molecule has 0 aromatic heterocycles. The maximum absolute atomic E-state index is 12.9. The van der Waals surface area contributed by atoms with Crippen LogP contribution in [0.4, 0.5) is 0 Å². The second kappa shape index (κ2) is 10.4. The molecular weight excluding hydrogens is 348 g/mol. The minimum absolute atomic E-state index is 0.0276. The van der Waals surface area contributed by atoms with E-state index in [-0.39, 0.29) is 18.0 Å². The van der Waals surface area contributed by atoms with Crippen molar-refractivity contribution in [1.29, 1.82) is 0 Å². The number of piperidine rings is 1. The summed E-state index contributed by atoms with van der Waals surface area (Å²) in [4.78, 5) is 14.9. The smallest absolute Gasteiger partial charge is 0.223 e. The number of likely N-dealkylation sites (tertiary alicyclic amines) is 1. The van der Waals surface area contributed by atoms with Gasteiger partial charge < -0.3 is 15.4 Å². The number of aryl methyl sites for hydroxylation is 1. The van der Waals surface area contributed by atoms with Gasteiger partial charge in [0.2, 0.25) is 5.91 Å². The number of carbonyl (C=O) groups is 1. The predicted octanol–water partition coefficient (Wildman–Crippen LogP) is 4.17. The monoisotopic (exact) mass is 386 g/mol. The predicted molar refractivity (Wildman–Crippen MR) is 114 cm³/mol. The molecule has 0 spiro atoms. The molecule has 1 unspecified atom stereocenters. The lowest BCUT2D eigenvalue weighted by molar-refractivity contribution is -0.138. The summed E-state index contributed by atoms with van der Waals surface area (Å²) in [6.45, 7) is 6.06. The van der Waals surface area contributed by atoms with Gasteiger partial charge in [0.25, 0.3) is 0 Å². The first-order valence-corrected chi connectivity index (χ1v) is 11.2. The molecule has 1 heterocycles. The van der Waals surface area contributed by atoms with E-state index in [9.17, 15) is 4.79 Å². The number of amides is 1. The fraction of sp³-hybridized carbons (Fsp3) is 0.708. The van der Waals surface area contributed by atoms with Gasteiger partial charge in [-0.1, -0.05) is 44.2 Å². The van der Waals surface area contributed by atoms with Crippen molar-refractivity contribution in [3.8, 4) is 0 Å². The Morgan fingerprint density at radius 1 is 1.14 bits per heavy atom. The highest BCUT2D eigenvalue weighted by Gasteiger charge is 2.33. The quantitative estimate of drug-likeness (QED) is 0.765. The van der Waals surface area contributed by atoms with E-state index in [2.05, 4.69) is 26.0 Å². The Labute approximate surface area is 170 Å². The van der Waals surface area contributed by atoms with Crippen molar-refractivity contribution in [2.75, 3.05) is 13.2 Å². The largest absolute Gasteiger partial charge is 0.376 e. The Morgan fingerprint density at radius 2 is 1.86 bits per heavy atom. The molecule has 2 fully saturated rings. The Bertz CT molecular complexity index is 596. The molecule has 1 amide bonds. The lowest BCUT2D eigenvalue weighted by Crippen LogP contribution is -2.56. The van der Waals surface area contributed by atoms with Gasteiger partial charge in [0.1, 0.15) is 0 Å². The number of nitrogens with zero attached hydrogens (tertiary/aromatic N) is 1. The van der Waals surface area contributed by atoms with E-state index in [1.807, 2.05) is 23.1 Å². The zero-order valence-electron chi connectivity index (χ0n) is 17.7. The van der Waals surface area contributed by atoms with Crippen LogP contribution in [0.25, 0.3) is 0 Å². The van der Waals surface area contributed by atoms with Crippen LogP contribution in [0.2, 0.25) is 0 Å². The van der Waals surface area contributed by atoms with Gasteiger partial charge in [-0.05, 0) is 62.3 Å². The van der Waals surface area contributed by atoms with Crippen LogP contribution >= 0.6 is 0 Å². The molecule has 1 aliphatic carbocycles. The highest BCUT2D eigenvalue weighted by atomic mass is 16.5. The summed E-state index contributed by atoms with van der Waals surface area (Å²) in [5, 5.41) is 0. The second-order valence-corrected chi connectivity index (χ2v) is 9.06. The second-order valence-electron chi connectivity index (χ2n) is 9.06. The van der Waals surface area contributed by atoms with Crippen LogP contribution in [-0.4, -0.2) is 42.1 Å². The molecule has 1 aromatic carbocycles. The third-order valence-corrected chi connectivity index (χ3v) is 6.79. The number of hydrogen-bond acceptors (Lipinski definition) is 3. The highest BCUT2D eigenvalue weighted by Crippen LogP contribution is 2.31. The Hall–Kier alpha value is -1.39. The third-order valence-electron chi connectivity index (χ3n) is 6.79. The summed E-state index contributed by atoms with van der Waals surface area (Å²) < 4.78 is 6.29. The summed E-state index contributed by atoms with van der Waals surface area (Å²) in [6.07, 6.45) is 8.47. The first kappa shape index (κ1) is 21.3. The average molecular weight is 387 g/mol. The molecule has 4 nitrogen and oxygen atoms in total. The summed E-state index contributed by atoms with van der Waals surface area (Å²) in [5.74, 6) is 1.83. The number of nitrogens with two attached hydrogens (primary N) is 1. The van der Waals surface area contributed by atoms with Gasteiger partial charge in [0.15, 0.2) is 0 Å². The number of benzene rings is 1. The zero-order valence-corrected chi connectivity index (χ0v) is 17.7. The van der Waals surface area contributed by atoms with Crippen molar-refractivity contribution in [2.45, 2.75) is 83.4 Å². The van der Waals surface area contributed by atoms with Gasteiger partial charge in [-0.25, -0.2) is 0 Å². The van der Waals surface area contributed by atoms with Gasteiger partial charge in [-0.15, -0.1) is 0 Å². The van der Waals surface area contributed by atoms with Crippen molar-refractivity contribution >= 4 is 5.91 Å². The first-order chi connectivity index (χ1) is 13.5. The molecule has 0 bridgehead atoms. The number of ether oxygens (including phenoxy) is 1. The van der Waals surface area contributed by atoms with Crippen LogP contribution < -0.4 is 5.73 Å². The maximum Gasteiger partial charge on any atom is 0.223 e. The van der Waals surface area contributed by atoms with Gasteiger partial charge >= 0.3 is 0 Å². The normalized spacial score (nSPS) is 28.5. The zero-order chi connectivity index (χ0) is 19.9. The van der Waals surface area contributed by atoms with E-state index in [1.54, 1.807) is 0 Å². The van der Waals surface area contributed by atoms with E-state index in [4.69, 9.17) is 10.5 Å². The first-order valence-electron chi connectivity index (χ1n) is 11.2. The SMILES string of the molecule is CC(C)C1CCC(OC[C@H]2C(N)CCCN2C(=O)CCc2ccccc2)CC1. The lowest BCUT2D eigenvalue weighted by atomic mass is 9.80. The molecule has 1 saturated heterocycles. The fourth-order valence-electron chi connectivity index (χ4n) is 4.81. The van der Waals surface area contributed by atoms with Crippen molar-refractivity contribution < 1.29 is 9.53 Å². The molecule has 1 saturated carbocycles. The summed E-state index contributed by atoms with van der Waals surface area (Å²) in [5.41, 5.74) is 7.63. The van der Waals surface area contributed by atoms with Crippen LogP contribution in [0.5, 0.6) is 0 Å². The van der Waals surface area contributed by atoms with Crippen LogP contribution in [0.1, 0.15) is 64.4 Å². The lowest BCUT2D eigenvalue weighted by Gasteiger charge is -2.41. The van der Waals surface area contributed by atoms with Gasteiger partial charge in [0, 0.05) is 19.0 Å². The molecule has 2 aliphatic rings. The van der Waals surface area contributed by atoms with Crippen LogP contribution in [0, 0.1) is 11.8 Å². The van der Waals surface area contributed by atoms with Crippen LogP contribution in [-0.2, 0) is 16.0 Å². The minimum atomic E-state index is 0.0276. The van der Waals surface area contributed by atoms with E-state index in [0.29, 0.717) is 19.1 Å². The molecule has 28 heavy (non-hydrogen) atoms. The molecule has 1 aliphatic heterocycles. The van der Waals surface area contributed by atoms with E-state index < -0.39 is 0 Å². The average Bonchev–Trinajstić information content (AvgIpc) is 2.72. The summed E-state index contributed by atoms with van der Waals surface area (Å²) in [7, 11) is 0. The van der Waals surface area contributed by atoms with Crippen molar-refractivity contribution in [3.63, 3.8) is 0 Å². The number of hydrogen-bond donors (Lipinski definition) is 1. The Morgan fingerprint density at radius 3 is 2.54 bits per heavy atom. The topological polar surface area (TPSA) is 55.6 Å².